The van der Waals surface area contributed by atoms with Crippen LogP contribution in [-0.4, -0.2) is 41.3 Å². The molecular weight excluding hydrogens is 348 g/mol. The summed E-state index contributed by atoms with van der Waals surface area (Å²) >= 11 is 0. The maximum Gasteiger partial charge on any atom is 0.244 e. The van der Waals surface area contributed by atoms with Crippen LogP contribution in [-0.2, 0) is 16.1 Å². The number of carbonyl (C=O) groups excluding carboxylic acids is 1. The van der Waals surface area contributed by atoms with Crippen LogP contribution in [0, 0.1) is 6.92 Å². The Morgan fingerprint density at radius 3 is 2.80 bits per heavy atom. The maximum absolute atomic E-state index is 12.3. The van der Waals surface area contributed by atoms with E-state index in [-0.39, 0.29) is 37.1 Å². The van der Waals surface area contributed by atoms with Gasteiger partial charge in [-0.3, -0.25) is 4.79 Å². The number of aromatic nitrogens is 2. The van der Waals surface area contributed by atoms with Gasteiger partial charge in [0.15, 0.2) is 6.61 Å². The van der Waals surface area contributed by atoms with Gasteiger partial charge in [-0.05, 0) is 31.2 Å². The number of benzene rings is 1. The third kappa shape index (κ3) is 5.15. The molecule has 9 heteroatoms. The van der Waals surface area contributed by atoms with Gasteiger partial charge in [-0.1, -0.05) is 5.16 Å². The van der Waals surface area contributed by atoms with Gasteiger partial charge in [-0.2, -0.15) is 4.98 Å². The minimum atomic E-state index is -0.351. The standard InChI is InChI=1S/C16H20N4O4.ClH/c1-10-15(17-7-8-22-10)16(21)19-12-3-5-13(6-4-12)23-9-14-18-11(2)24-20-14;/h3-6,10,15,17H,7-9H2,1-2H3,(H,19,21);1H/t10-,15+;/m1./s1. The first-order valence-corrected chi connectivity index (χ1v) is 7.80. The van der Waals surface area contributed by atoms with Crippen LogP contribution in [0.4, 0.5) is 5.69 Å². The number of ether oxygens (including phenoxy) is 2. The molecule has 0 unspecified atom stereocenters. The largest absolute Gasteiger partial charge is 0.485 e. The average Bonchev–Trinajstić information content (AvgIpc) is 3.00. The fourth-order valence-corrected chi connectivity index (χ4v) is 2.43. The van der Waals surface area contributed by atoms with Crippen molar-refractivity contribution in [1.29, 1.82) is 0 Å². The van der Waals surface area contributed by atoms with Crippen LogP contribution in [0.5, 0.6) is 5.75 Å². The van der Waals surface area contributed by atoms with Gasteiger partial charge in [0.2, 0.25) is 17.6 Å². The van der Waals surface area contributed by atoms with E-state index >= 15 is 0 Å². The Morgan fingerprint density at radius 2 is 2.16 bits per heavy atom. The topological polar surface area (TPSA) is 98.5 Å². The molecule has 2 N–H and O–H groups in total. The molecule has 0 bridgehead atoms. The molecule has 2 aromatic rings. The SMILES string of the molecule is Cc1nc(COc2ccc(NC(=O)[C@H]3NCCO[C@@H]3C)cc2)no1.Cl. The van der Waals surface area contributed by atoms with Gasteiger partial charge in [-0.25, -0.2) is 0 Å². The number of carbonyl (C=O) groups is 1. The van der Waals surface area contributed by atoms with Gasteiger partial charge in [0.25, 0.3) is 0 Å². The van der Waals surface area contributed by atoms with Crippen molar-refractivity contribution in [2.75, 3.05) is 18.5 Å². The molecule has 8 nitrogen and oxygen atoms in total. The number of aryl methyl sites for hydroxylation is 1. The monoisotopic (exact) mass is 368 g/mol. The van der Waals surface area contributed by atoms with E-state index in [4.69, 9.17) is 14.0 Å². The summed E-state index contributed by atoms with van der Waals surface area (Å²) in [5.74, 6) is 1.53. The fourth-order valence-electron chi connectivity index (χ4n) is 2.43. The molecule has 1 aliphatic heterocycles. The highest BCUT2D eigenvalue weighted by Gasteiger charge is 2.28. The molecule has 1 fully saturated rings. The summed E-state index contributed by atoms with van der Waals surface area (Å²) in [6, 6.07) is 6.76. The second kappa shape index (κ2) is 8.80. The zero-order valence-corrected chi connectivity index (χ0v) is 14.8. The van der Waals surface area contributed by atoms with Gasteiger partial charge in [0.1, 0.15) is 11.8 Å². The summed E-state index contributed by atoms with van der Waals surface area (Å²) in [6.07, 6.45) is -0.153. The van der Waals surface area contributed by atoms with Crippen LogP contribution in [0.3, 0.4) is 0 Å². The molecule has 0 aliphatic carbocycles. The van der Waals surface area contributed by atoms with E-state index in [9.17, 15) is 4.79 Å². The number of halogens is 1. The van der Waals surface area contributed by atoms with Gasteiger partial charge in [-0.15, -0.1) is 12.4 Å². The predicted octanol–water partition coefficient (Wildman–Crippen LogP) is 1.69. The van der Waals surface area contributed by atoms with E-state index in [0.717, 1.165) is 0 Å². The predicted molar refractivity (Wildman–Crippen MR) is 92.9 cm³/mol. The van der Waals surface area contributed by atoms with Crippen molar-refractivity contribution in [3.63, 3.8) is 0 Å². The number of anilines is 1. The van der Waals surface area contributed by atoms with Crippen LogP contribution in [0.25, 0.3) is 0 Å². The minimum absolute atomic E-state index is 0. The normalized spacial score (nSPS) is 19.8. The lowest BCUT2D eigenvalue weighted by atomic mass is 10.1. The van der Waals surface area contributed by atoms with Gasteiger partial charge >= 0.3 is 0 Å². The molecule has 136 valence electrons. The van der Waals surface area contributed by atoms with Gasteiger partial charge < -0.3 is 24.6 Å². The molecule has 0 spiro atoms. The molecule has 0 saturated carbocycles. The molecular formula is C16H21ClN4O4. The van der Waals surface area contributed by atoms with Crippen molar-refractivity contribution in [2.45, 2.75) is 32.6 Å². The summed E-state index contributed by atoms with van der Waals surface area (Å²) in [7, 11) is 0. The highest BCUT2D eigenvalue weighted by molar-refractivity contribution is 5.95. The molecule has 2 heterocycles. The first-order valence-electron chi connectivity index (χ1n) is 7.80. The number of amides is 1. The second-order valence-corrected chi connectivity index (χ2v) is 5.54. The van der Waals surface area contributed by atoms with E-state index < -0.39 is 0 Å². The Balaban J connectivity index is 0.00000225. The summed E-state index contributed by atoms with van der Waals surface area (Å²) in [5, 5.41) is 9.79. The lowest BCUT2D eigenvalue weighted by Crippen LogP contribution is -2.53. The first-order chi connectivity index (χ1) is 11.6. The summed E-state index contributed by atoms with van der Waals surface area (Å²) in [5.41, 5.74) is 0.697. The van der Waals surface area contributed by atoms with Crippen molar-refractivity contribution >= 4 is 24.0 Å². The Labute approximate surface area is 151 Å². The molecule has 1 aromatic carbocycles. The van der Waals surface area contributed by atoms with Gasteiger partial charge in [0, 0.05) is 19.2 Å². The van der Waals surface area contributed by atoms with Crippen LogP contribution in [0.2, 0.25) is 0 Å². The van der Waals surface area contributed by atoms with Crippen molar-refractivity contribution in [1.82, 2.24) is 15.5 Å². The number of hydrogen-bond acceptors (Lipinski definition) is 7. The smallest absolute Gasteiger partial charge is 0.244 e. The average molecular weight is 369 g/mol. The molecule has 1 amide bonds. The van der Waals surface area contributed by atoms with Crippen molar-refractivity contribution in [2.24, 2.45) is 0 Å². The highest BCUT2D eigenvalue weighted by Crippen LogP contribution is 2.17. The van der Waals surface area contributed by atoms with Crippen LogP contribution in [0.1, 0.15) is 18.6 Å². The van der Waals surface area contributed by atoms with E-state index in [2.05, 4.69) is 20.8 Å². The Morgan fingerprint density at radius 1 is 1.40 bits per heavy atom. The lowest BCUT2D eigenvalue weighted by Gasteiger charge is -2.29. The van der Waals surface area contributed by atoms with Gasteiger partial charge in [0.05, 0.1) is 12.7 Å². The molecule has 3 rings (SSSR count). The molecule has 1 aromatic heterocycles. The zero-order chi connectivity index (χ0) is 16.9. The van der Waals surface area contributed by atoms with E-state index in [1.165, 1.54) is 0 Å². The molecule has 0 radical (unpaired) electrons. The maximum atomic E-state index is 12.3. The van der Waals surface area contributed by atoms with E-state index in [1.807, 2.05) is 6.92 Å². The van der Waals surface area contributed by atoms with Crippen molar-refractivity contribution < 1.29 is 18.8 Å². The number of morpholine rings is 1. The summed E-state index contributed by atoms with van der Waals surface area (Å²) < 4.78 is 15.9. The van der Waals surface area contributed by atoms with Crippen LogP contribution < -0.4 is 15.4 Å². The third-order valence-electron chi connectivity index (χ3n) is 3.66. The third-order valence-corrected chi connectivity index (χ3v) is 3.66. The van der Waals surface area contributed by atoms with Crippen LogP contribution in [0.15, 0.2) is 28.8 Å². The fraction of sp³-hybridized carbons (Fsp3) is 0.438. The summed E-state index contributed by atoms with van der Waals surface area (Å²) in [6.45, 7) is 5.12. The Hall–Kier alpha value is -2.16. The molecule has 2 atom stereocenters. The van der Waals surface area contributed by atoms with E-state index in [0.29, 0.717) is 36.3 Å². The quantitative estimate of drug-likeness (QED) is 0.828. The molecule has 1 saturated heterocycles. The molecule has 1 aliphatic rings. The number of rotatable bonds is 5. The highest BCUT2D eigenvalue weighted by atomic mass is 35.5. The molecule has 25 heavy (non-hydrogen) atoms. The van der Waals surface area contributed by atoms with Crippen molar-refractivity contribution in [3.05, 3.63) is 36.0 Å². The lowest BCUT2D eigenvalue weighted by molar-refractivity contribution is -0.123. The minimum Gasteiger partial charge on any atom is -0.485 e. The number of hydrogen-bond donors (Lipinski definition) is 2. The first kappa shape index (κ1) is 19.2. The number of nitrogens with zero attached hydrogens (tertiary/aromatic N) is 2. The summed E-state index contributed by atoms with van der Waals surface area (Å²) in [4.78, 5) is 16.3. The van der Waals surface area contributed by atoms with Crippen molar-refractivity contribution in [3.8, 4) is 5.75 Å². The van der Waals surface area contributed by atoms with Crippen LogP contribution >= 0.6 is 12.4 Å². The zero-order valence-electron chi connectivity index (χ0n) is 14.0. The number of nitrogens with one attached hydrogen (secondary N) is 2. The van der Waals surface area contributed by atoms with E-state index in [1.54, 1.807) is 31.2 Å². The Kier molecular flexibility index (Phi) is 6.74. The second-order valence-electron chi connectivity index (χ2n) is 5.54. The Bertz CT molecular complexity index is 692.